The molecule has 0 aromatic heterocycles. The van der Waals surface area contributed by atoms with Crippen LogP contribution in [0.15, 0.2) is 18.2 Å². The summed E-state index contributed by atoms with van der Waals surface area (Å²) in [5.41, 5.74) is 0.666. The highest BCUT2D eigenvalue weighted by atomic mass is 19.4. The molecule has 0 amide bonds. The third-order valence-electron chi connectivity index (χ3n) is 3.87. The molecule has 0 radical (unpaired) electrons. The van der Waals surface area contributed by atoms with Crippen LogP contribution in [-0.4, -0.2) is 30.9 Å². The van der Waals surface area contributed by atoms with Crippen LogP contribution in [0.5, 0.6) is 5.75 Å². The van der Waals surface area contributed by atoms with Crippen molar-refractivity contribution < 1.29 is 17.9 Å². The lowest BCUT2D eigenvalue weighted by Gasteiger charge is -2.31. The van der Waals surface area contributed by atoms with Crippen molar-refractivity contribution in [3.05, 3.63) is 29.3 Å². The predicted molar refractivity (Wildman–Crippen MR) is 71.9 cm³/mol. The molecule has 0 N–H and O–H groups in total. The normalized spacial score (nSPS) is 17.5. The van der Waals surface area contributed by atoms with Crippen LogP contribution in [0.4, 0.5) is 13.2 Å². The van der Waals surface area contributed by atoms with E-state index in [2.05, 4.69) is 16.6 Å². The quantitative estimate of drug-likeness (QED) is 0.854. The Balaban J connectivity index is 2.24. The van der Waals surface area contributed by atoms with Gasteiger partial charge in [-0.05, 0) is 50.0 Å². The topological polar surface area (TPSA) is 36.3 Å². The van der Waals surface area contributed by atoms with Crippen molar-refractivity contribution in [1.29, 1.82) is 5.26 Å². The Morgan fingerprint density at radius 3 is 2.52 bits per heavy atom. The maximum absolute atomic E-state index is 12.4. The number of likely N-dealkylation sites (tertiary alicyclic amines) is 1. The van der Waals surface area contributed by atoms with Crippen molar-refractivity contribution in [2.75, 3.05) is 19.6 Å². The second-order valence-corrected chi connectivity index (χ2v) is 5.09. The maximum atomic E-state index is 12.4. The summed E-state index contributed by atoms with van der Waals surface area (Å²) in [6.45, 7) is 4.85. The van der Waals surface area contributed by atoms with Crippen LogP contribution in [0.2, 0.25) is 0 Å². The van der Waals surface area contributed by atoms with Crippen molar-refractivity contribution >= 4 is 0 Å². The van der Waals surface area contributed by atoms with Crippen LogP contribution in [-0.2, 0) is 0 Å². The van der Waals surface area contributed by atoms with Gasteiger partial charge in [0.15, 0.2) is 0 Å². The molecule has 0 aliphatic carbocycles. The molecule has 1 fully saturated rings. The number of rotatable bonds is 3. The third-order valence-corrected chi connectivity index (χ3v) is 3.87. The van der Waals surface area contributed by atoms with Gasteiger partial charge < -0.3 is 9.64 Å². The first kappa shape index (κ1) is 15.6. The molecule has 2 rings (SSSR count). The van der Waals surface area contributed by atoms with Gasteiger partial charge in [-0.3, -0.25) is 0 Å². The van der Waals surface area contributed by atoms with E-state index in [1.54, 1.807) is 6.07 Å². The number of nitrogens with zero attached hydrogens (tertiary/aromatic N) is 2. The van der Waals surface area contributed by atoms with Gasteiger partial charge in [0, 0.05) is 0 Å². The minimum Gasteiger partial charge on any atom is -0.404 e. The van der Waals surface area contributed by atoms with E-state index >= 15 is 0 Å². The molecule has 3 nitrogen and oxygen atoms in total. The summed E-state index contributed by atoms with van der Waals surface area (Å²) >= 11 is 0. The van der Waals surface area contributed by atoms with Gasteiger partial charge >= 0.3 is 6.36 Å². The zero-order valence-electron chi connectivity index (χ0n) is 11.8. The van der Waals surface area contributed by atoms with E-state index < -0.39 is 12.1 Å². The fraction of sp³-hybridized carbons (Fsp3) is 0.533. The molecule has 0 saturated carbocycles. The van der Waals surface area contributed by atoms with Crippen LogP contribution in [0, 0.1) is 11.3 Å². The van der Waals surface area contributed by atoms with Crippen LogP contribution in [0.1, 0.15) is 36.8 Å². The standard InChI is InChI=1S/C15H17F3N2O/c1-2-20-8-6-11(7-9-20)12-4-3-5-14(13(12)10-19)21-15(16,17)18/h3-5,11H,2,6-9H2,1H3. The average Bonchev–Trinajstić information content (AvgIpc) is 2.45. The molecule has 0 spiro atoms. The molecule has 21 heavy (non-hydrogen) atoms. The average molecular weight is 298 g/mol. The first-order chi connectivity index (χ1) is 9.94. The van der Waals surface area contributed by atoms with Crippen LogP contribution < -0.4 is 4.74 Å². The van der Waals surface area contributed by atoms with E-state index in [9.17, 15) is 18.4 Å². The molecular formula is C15H17F3N2O. The van der Waals surface area contributed by atoms with E-state index in [1.807, 2.05) is 6.07 Å². The Morgan fingerprint density at radius 1 is 1.33 bits per heavy atom. The number of alkyl halides is 3. The molecule has 1 aliphatic heterocycles. The first-order valence-corrected chi connectivity index (χ1v) is 6.95. The largest absolute Gasteiger partial charge is 0.573 e. The van der Waals surface area contributed by atoms with E-state index in [0.29, 0.717) is 5.56 Å². The number of hydrogen-bond donors (Lipinski definition) is 0. The summed E-state index contributed by atoms with van der Waals surface area (Å²) in [5.74, 6) is -0.292. The molecule has 1 aromatic rings. The molecule has 0 unspecified atom stereocenters. The molecule has 114 valence electrons. The fourth-order valence-electron chi connectivity index (χ4n) is 2.78. The predicted octanol–water partition coefficient (Wildman–Crippen LogP) is 3.66. The van der Waals surface area contributed by atoms with E-state index in [4.69, 9.17) is 0 Å². The number of halogens is 3. The SMILES string of the molecule is CCN1CCC(c2cccc(OC(F)(F)F)c2C#N)CC1. The molecule has 0 bridgehead atoms. The van der Waals surface area contributed by atoms with Crippen LogP contribution in [0.25, 0.3) is 0 Å². The summed E-state index contributed by atoms with van der Waals surface area (Å²) in [6, 6.07) is 6.31. The zero-order chi connectivity index (χ0) is 15.5. The Bertz CT molecular complexity index is 529. The lowest BCUT2D eigenvalue weighted by atomic mass is 9.86. The Hall–Kier alpha value is -1.74. The van der Waals surface area contributed by atoms with Gasteiger partial charge in [-0.15, -0.1) is 13.2 Å². The van der Waals surface area contributed by atoms with Gasteiger partial charge in [0.1, 0.15) is 11.8 Å². The fourth-order valence-corrected chi connectivity index (χ4v) is 2.78. The number of piperidine rings is 1. The van der Waals surface area contributed by atoms with E-state index in [1.165, 1.54) is 12.1 Å². The molecule has 1 heterocycles. The van der Waals surface area contributed by atoms with Gasteiger partial charge in [0.05, 0.1) is 5.56 Å². The lowest BCUT2D eigenvalue weighted by molar-refractivity contribution is -0.274. The zero-order valence-corrected chi connectivity index (χ0v) is 11.8. The number of nitriles is 1. The molecule has 1 aliphatic rings. The van der Waals surface area contributed by atoms with E-state index in [0.717, 1.165) is 32.5 Å². The summed E-state index contributed by atoms with van der Waals surface area (Å²) in [4.78, 5) is 2.29. The highest BCUT2D eigenvalue weighted by molar-refractivity contribution is 5.50. The van der Waals surface area contributed by atoms with Crippen LogP contribution >= 0.6 is 0 Å². The van der Waals surface area contributed by atoms with Gasteiger partial charge in [-0.2, -0.15) is 5.26 Å². The maximum Gasteiger partial charge on any atom is 0.573 e. The minimum absolute atomic E-state index is 0.00442. The highest BCUT2D eigenvalue weighted by Gasteiger charge is 2.33. The summed E-state index contributed by atoms with van der Waals surface area (Å²) < 4.78 is 41.1. The smallest absolute Gasteiger partial charge is 0.404 e. The minimum atomic E-state index is -4.78. The van der Waals surface area contributed by atoms with Gasteiger partial charge in [-0.1, -0.05) is 19.1 Å². The third kappa shape index (κ3) is 3.88. The van der Waals surface area contributed by atoms with Crippen molar-refractivity contribution in [1.82, 2.24) is 4.90 Å². The lowest BCUT2D eigenvalue weighted by Crippen LogP contribution is -2.32. The molecule has 0 atom stereocenters. The summed E-state index contributed by atoms with van der Waals surface area (Å²) in [6.07, 6.45) is -3.09. The van der Waals surface area contributed by atoms with Crippen molar-refractivity contribution in [2.24, 2.45) is 0 Å². The van der Waals surface area contributed by atoms with Crippen molar-refractivity contribution in [3.63, 3.8) is 0 Å². The number of ether oxygens (including phenoxy) is 1. The first-order valence-electron chi connectivity index (χ1n) is 6.95. The Morgan fingerprint density at radius 2 is 2.00 bits per heavy atom. The molecular weight excluding hydrogens is 281 g/mol. The van der Waals surface area contributed by atoms with Gasteiger partial charge in [0.2, 0.25) is 0 Å². The molecule has 1 saturated heterocycles. The Kier molecular flexibility index (Phi) is 4.73. The van der Waals surface area contributed by atoms with Gasteiger partial charge in [0.25, 0.3) is 0 Å². The number of benzene rings is 1. The number of hydrogen-bond acceptors (Lipinski definition) is 3. The molecule has 6 heteroatoms. The summed E-state index contributed by atoms with van der Waals surface area (Å²) in [5, 5.41) is 9.22. The van der Waals surface area contributed by atoms with E-state index in [-0.39, 0.29) is 11.5 Å². The van der Waals surface area contributed by atoms with Crippen molar-refractivity contribution in [2.45, 2.75) is 32.0 Å². The summed E-state index contributed by atoms with van der Waals surface area (Å²) in [7, 11) is 0. The Labute approximate surface area is 121 Å². The van der Waals surface area contributed by atoms with Gasteiger partial charge in [-0.25, -0.2) is 0 Å². The monoisotopic (exact) mass is 298 g/mol. The van der Waals surface area contributed by atoms with Crippen molar-refractivity contribution in [3.8, 4) is 11.8 Å². The second kappa shape index (κ2) is 6.35. The molecule has 1 aromatic carbocycles. The van der Waals surface area contributed by atoms with Crippen LogP contribution in [0.3, 0.4) is 0 Å². The highest BCUT2D eigenvalue weighted by Crippen LogP contribution is 2.35. The second-order valence-electron chi connectivity index (χ2n) is 5.09.